The van der Waals surface area contributed by atoms with E-state index in [1.807, 2.05) is 25.1 Å². The predicted octanol–water partition coefficient (Wildman–Crippen LogP) is 3.31. The van der Waals surface area contributed by atoms with Crippen LogP contribution in [-0.4, -0.2) is 22.7 Å². The van der Waals surface area contributed by atoms with E-state index in [1.165, 1.54) is 0 Å². The first-order valence-electron chi connectivity index (χ1n) is 4.57. The molecule has 0 aliphatic carbocycles. The van der Waals surface area contributed by atoms with Crippen LogP contribution >= 0.6 is 31.9 Å². The number of esters is 1. The second-order valence-electron chi connectivity index (χ2n) is 3.22. The second kappa shape index (κ2) is 6.28. The number of benzene rings is 1. The smallest absolute Gasteiger partial charge is 0.338 e. The van der Waals surface area contributed by atoms with Crippen LogP contribution in [0.5, 0.6) is 0 Å². The van der Waals surface area contributed by atoms with Gasteiger partial charge in [0.25, 0.3) is 0 Å². The summed E-state index contributed by atoms with van der Waals surface area (Å²) in [6.07, 6.45) is 0. The number of carbonyl (C=O) groups is 1. The number of rotatable bonds is 4. The first kappa shape index (κ1) is 12.7. The van der Waals surface area contributed by atoms with Gasteiger partial charge in [-0.05, 0) is 19.1 Å². The lowest BCUT2D eigenvalue weighted by Gasteiger charge is -2.07. The number of aryl methyl sites for hydroxylation is 1. The molecule has 1 aromatic rings. The predicted molar refractivity (Wildman–Crippen MR) is 68.0 cm³/mol. The highest BCUT2D eigenvalue weighted by Gasteiger charge is 2.09. The van der Waals surface area contributed by atoms with Crippen molar-refractivity contribution in [2.24, 2.45) is 0 Å². The highest BCUT2D eigenvalue weighted by Crippen LogP contribution is 2.08. The molecule has 0 aromatic heterocycles. The third-order valence-electron chi connectivity index (χ3n) is 1.82. The Morgan fingerprint density at radius 2 is 2.27 bits per heavy atom. The van der Waals surface area contributed by atoms with Crippen molar-refractivity contribution in [3.63, 3.8) is 0 Å². The standard InChI is InChI=1S/C11H12Br2O2/c1-8-3-2-4-9(5-8)11(14)15-7-10(13)6-12/h2-5,10H,6-7H2,1H3/t10-/m0/s1. The third kappa shape index (κ3) is 4.34. The molecule has 0 bridgehead atoms. The Hall–Kier alpha value is -0.350. The molecule has 0 fully saturated rings. The van der Waals surface area contributed by atoms with E-state index in [4.69, 9.17) is 4.74 Å². The SMILES string of the molecule is Cc1cccc(C(=O)OC[C@@H](Br)CBr)c1. The molecule has 0 radical (unpaired) electrons. The van der Waals surface area contributed by atoms with Crippen molar-refractivity contribution in [3.05, 3.63) is 35.4 Å². The summed E-state index contributed by atoms with van der Waals surface area (Å²) in [4.78, 5) is 11.7. The molecule has 1 aromatic carbocycles. The van der Waals surface area contributed by atoms with Crippen LogP contribution in [0.25, 0.3) is 0 Å². The summed E-state index contributed by atoms with van der Waals surface area (Å²) < 4.78 is 5.12. The molecule has 0 aliphatic heterocycles. The summed E-state index contributed by atoms with van der Waals surface area (Å²) in [6, 6.07) is 7.37. The second-order valence-corrected chi connectivity index (χ2v) is 5.16. The first-order chi connectivity index (χ1) is 7.13. The van der Waals surface area contributed by atoms with Crippen molar-refractivity contribution in [2.75, 3.05) is 11.9 Å². The lowest BCUT2D eigenvalue weighted by molar-refractivity contribution is 0.0513. The Morgan fingerprint density at radius 3 is 2.87 bits per heavy atom. The number of carbonyl (C=O) groups excluding carboxylic acids is 1. The maximum atomic E-state index is 11.6. The van der Waals surface area contributed by atoms with E-state index in [1.54, 1.807) is 6.07 Å². The van der Waals surface area contributed by atoms with E-state index in [9.17, 15) is 4.79 Å². The maximum absolute atomic E-state index is 11.6. The van der Waals surface area contributed by atoms with E-state index in [0.29, 0.717) is 12.2 Å². The Bertz CT molecular complexity index is 339. The van der Waals surface area contributed by atoms with Crippen LogP contribution in [-0.2, 0) is 4.74 Å². The third-order valence-corrected chi connectivity index (χ3v) is 4.05. The van der Waals surface area contributed by atoms with Gasteiger partial charge in [0.05, 0.1) is 10.4 Å². The monoisotopic (exact) mass is 334 g/mol. The zero-order valence-corrected chi connectivity index (χ0v) is 11.5. The lowest BCUT2D eigenvalue weighted by Crippen LogP contribution is -2.14. The quantitative estimate of drug-likeness (QED) is 0.623. The minimum absolute atomic E-state index is 0.159. The van der Waals surface area contributed by atoms with E-state index in [2.05, 4.69) is 31.9 Å². The highest BCUT2D eigenvalue weighted by molar-refractivity contribution is 9.12. The molecule has 4 heteroatoms. The Labute approximate surface area is 106 Å². The van der Waals surface area contributed by atoms with Gasteiger partial charge in [-0.25, -0.2) is 4.79 Å². The van der Waals surface area contributed by atoms with Crippen LogP contribution in [0.4, 0.5) is 0 Å². The number of alkyl halides is 2. The van der Waals surface area contributed by atoms with Crippen LogP contribution < -0.4 is 0 Å². The zero-order chi connectivity index (χ0) is 11.3. The summed E-state index contributed by atoms with van der Waals surface area (Å²) in [7, 11) is 0. The molecule has 1 rings (SSSR count). The number of halogens is 2. The van der Waals surface area contributed by atoms with Gasteiger partial charge >= 0.3 is 5.97 Å². The van der Waals surface area contributed by atoms with Crippen LogP contribution in [0.3, 0.4) is 0 Å². The van der Waals surface area contributed by atoms with Crippen LogP contribution in [0.2, 0.25) is 0 Å². The fraction of sp³-hybridized carbons (Fsp3) is 0.364. The number of hydrogen-bond acceptors (Lipinski definition) is 2. The summed E-state index contributed by atoms with van der Waals surface area (Å²) in [6.45, 7) is 2.32. The van der Waals surface area contributed by atoms with Crippen molar-refractivity contribution >= 4 is 37.8 Å². The van der Waals surface area contributed by atoms with Gasteiger partial charge in [-0.2, -0.15) is 0 Å². The van der Waals surface area contributed by atoms with Crippen LogP contribution in [0.15, 0.2) is 24.3 Å². The largest absolute Gasteiger partial charge is 0.461 e. The van der Waals surface area contributed by atoms with E-state index in [0.717, 1.165) is 10.9 Å². The molecule has 2 nitrogen and oxygen atoms in total. The normalized spacial score (nSPS) is 12.2. The average molecular weight is 336 g/mol. The molecule has 1 atom stereocenters. The summed E-state index contributed by atoms with van der Waals surface area (Å²) >= 11 is 6.66. The summed E-state index contributed by atoms with van der Waals surface area (Å²) in [5.41, 5.74) is 1.66. The van der Waals surface area contributed by atoms with Crippen molar-refractivity contribution in [2.45, 2.75) is 11.8 Å². The van der Waals surface area contributed by atoms with Gasteiger partial charge in [0.2, 0.25) is 0 Å². The molecular formula is C11H12Br2O2. The molecule has 0 unspecified atom stereocenters. The molecular weight excluding hydrogens is 324 g/mol. The summed E-state index contributed by atoms with van der Waals surface area (Å²) in [5, 5.41) is 0.758. The number of hydrogen-bond donors (Lipinski definition) is 0. The fourth-order valence-corrected chi connectivity index (χ4v) is 1.39. The van der Waals surface area contributed by atoms with Crippen molar-refractivity contribution < 1.29 is 9.53 Å². The molecule has 0 saturated heterocycles. The summed E-state index contributed by atoms with van der Waals surface area (Å²) in [5.74, 6) is -0.274. The van der Waals surface area contributed by atoms with Gasteiger partial charge in [-0.15, -0.1) is 0 Å². The van der Waals surface area contributed by atoms with E-state index in [-0.39, 0.29) is 10.8 Å². The van der Waals surface area contributed by atoms with E-state index >= 15 is 0 Å². The molecule has 0 amide bonds. The minimum Gasteiger partial charge on any atom is -0.461 e. The van der Waals surface area contributed by atoms with Gasteiger partial charge < -0.3 is 4.74 Å². The minimum atomic E-state index is -0.274. The first-order valence-corrected chi connectivity index (χ1v) is 6.61. The zero-order valence-electron chi connectivity index (χ0n) is 8.37. The molecule has 15 heavy (non-hydrogen) atoms. The average Bonchev–Trinajstić information content (AvgIpc) is 2.25. The Balaban J connectivity index is 2.54. The van der Waals surface area contributed by atoms with Crippen LogP contribution in [0, 0.1) is 6.92 Å². The van der Waals surface area contributed by atoms with E-state index < -0.39 is 0 Å². The van der Waals surface area contributed by atoms with Gasteiger partial charge in [0.15, 0.2) is 0 Å². The van der Waals surface area contributed by atoms with Crippen molar-refractivity contribution in [1.29, 1.82) is 0 Å². The Kier molecular flexibility index (Phi) is 5.32. The fourth-order valence-electron chi connectivity index (χ4n) is 1.07. The lowest BCUT2D eigenvalue weighted by atomic mass is 10.1. The molecule has 0 spiro atoms. The highest BCUT2D eigenvalue weighted by atomic mass is 79.9. The molecule has 0 N–H and O–H groups in total. The Morgan fingerprint density at radius 1 is 1.53 bits per heavy atom. The van der Waals surface area contributed by atoms with Crippen LogP contribution in [0.1, 0.15) is 15.9 Å². The topological polar surface area (TPSA) is 26.3 Å². The number of ether oxygens (including phenoxy) is 1. The molecule has 0 heterocycles. The van der Waals surface area contributed by atoms with Crippen molar-refractivity contribution in [1.82, 2.24) is 0 Å². The van der Waals surface area contributed by atoms with Crippen molar-refractivity contribution in [3.8, 4) is 0 Å². The van der Waals surface area contributed by atoms with Gasteiger partial charge in [0, 0.05) is 5.33 Å². The van der Waals surface area contributed by atoms with Gasteiger partial charge in [0.1, 0.15) is 6.61 Å². The molecule has 0 aliphatic rings. The molecule has 82 valence electrons. The maximum Gasteiger partial charge on any atom is 0.338 e. The molecule has 0 saturated carbocycles. The van der Waals surface area contributed by atoms with Gasteiger partial charge in [-0.3, -0.25) is 0 Å². The van der Waals surface area contributed by atoms with Gasteiger partial charge in [-0.1, -0.05) is 49.6 Å².